The van der Waals surface area contributed by atoms with Crippen molar-refractivity contribution in [3.05, 3.63) is 41.2 Å². The van der Waals surface area contributed by atoms with Gasteiger partial charge in [-0.05, 0) is 38.1 Å². The molecule has 0 spiro atoms. The minimum atomic E-state index is -0.305. The first-order chi connectivity index (χ1) is 10.0. The van der Waals surface area contributed by atoms with Gasteiger partial charge in [-0.1, -0.05) is 0 Å². The lowest BCUT2D eigenvalue weighted by Crippen LogP contribution is -2.15. The molecule has 2 rings (SSSR count). The highest BCUT2D eigenvalue weighted by atomic mass is 16.5. The third-order valence-corrected chi connectivity index (χ3v) is 2.85. The number of carbonyl (C=O) groups is 1. The molecule has 6 heteroatoms. The summed E-state index contributed by atoms with van der Waals surface area (Å²) in [6.45, 7) is 3.70. The number of hydrogen-bond acceptors (Lipinski definition) is 5. The number of nitrogens with zero attached hydrogens (tertiary/aromatic N) is 2. The lowest BCUT2D eigenvalue weighted by Gasteiger charge is -2.10. The molecule has 1 amide bonds. The van der Waals surface area contributed by atoms with Crippen LogP contribution in [0.5, 0.6) is 11.5 Å². The molecule has 0 saturated heterocycles. The van der Waals surface area contributed by atoms with Crippen LogP contribution in [0.2, 0.25) is 0 Å². The van der Waals surface area contributed by atoms with Crippen LogP contribution >= 0.6 is 0 Å². The second-order valence-electron chi connectivity index (χ2n) is 4.50. The smallest absolute Gasteiger partial charge is 0.258 e. The first kappa shape index (κ1) is 14.8. The van der Waals surface area contributed by atoms with E-state index in [0.717, 1.165) is 11.4 Å². The van der Waals surface area contributed by atoms with Gasteiger partial charge < -0.3 is 9.47 Å². The molecule has 0 bridgehead atoms. The van der Waals surface area contributed by atoms with Crippen molar-refractivity contribution in [2.45, 2.75) is 13.8 Å². The van der Waals surface area contributed by atoms with Gasteiger partial charge in [0.15, 0.2) is 11.5 Å². The number of carbonyl (C=O) groups excluding carboxylic acids is 1. The van der Waals surface area contributed by atoms with Gasteiger partial charge in [-0.15, -0.1) is 0 Å². The molecule has 0 aliphatic carbocycles. The second-order valence-corrected chi connectivity index (χ2v) is 4.50. The fourth-order valence-corrected chi connectivity index (χ4v) is 1.93. The Labute approximate surface area is 123 Å². The van der Waals surface area contributed by atoms with E-state index < -0.39 is 0 Å². The van der Waals surface area contributed by atoms with Crippen LogP contribution in [0.15, 0.2) is 24.3 Å². The monoisotopic (exact) mass is 287 g/mol. The quantitative estimate of drug-likeness (QED) is 0.934. The number of nitrogens with one attached hydrogen (secondary N) is 1. The van der Waals surface area contributed by atoms with Gasteiger partial charge >= 0.3 is 0 Å². The van der Waals surface area contributed by atoms with Crippen LogP contribution in [0.3, 0.4) is 0 Å². The fraction of sp³-hybridized carbons (Fsp3) is 0.267. The molecule has 21 heavy (non-hydrogen) atoms. The van der Waals surface area contributed by atoms with Gasteiger partial charge in [0, 0.05) is 17.0 Å². The maximum atomic E-state index is 12.2. The van der Waals surface area contributed by atoms with E-state index in [1.165, 1.54) is 7.11 Å². The lowest BCUT2D eigenvalue weighted by atomic mass is 10.2. The van der Waals surface area contributed by atoms with Crippen LogP contribution in [0.1, 0.15) is 21.7 Å². The standard InChI is InChI=1S/C15H17N3O3/c1-9-7-10(2)17-15(16-9)18-14(19)11-5-6-12(20-3)13(8-11)21-4/h5-8H,1-4H3,(H,16,17,18,19). The van der Waals surface area contributed by atoms with Crippen molar-refractivity contribution < 1.29 is 14.3 Å². The molecule has 0 aliphatic heterocycles. The van der Waals surface area contributed by atoms with Gasteiger partial charge in [-0.3, -0.25) is 10.1 Å². The van der Waals surface area contributed by atoms with E-state index in [2.05, 4.69) is 15.3 Å². The summed E-state index contributed by atoms with van der Waals surface area (Å²) in [7, 11) is 3.06. The molecule has 0 atom stereocenters. The van der Waals surface area contributed by atoms with Crippen molar-refractivity contribution in [1.82, 2.24) is 9.97 Å². The number of benzene rings is 1. The summed E-state index contributed by atoms with van der Waals surface area (Å²) >= 11 is 0. The highest BCUT2D eigenvalue weighted by molar-refractivity contribution is 6.03. The van der Waals surface area contributed by atoms with Crippen molar-refractivity contribution >= 4 is 11.9 Å². The fourth-order valence-electron chi connectivity index (χ4n) is 1.93. The van der Waals surface area contributed by atoms with Gasteiger partial charge in [-0.2, -0.15) is 0 Å². The second kappa shape index (κ2) is 6.21. The Morgan fingerprint density at radius 3 is 2.19 bits per heavy atom. The molecule has 0 fully saturated rings. The predicted octanol–water partition coefficient (Wildman–Crippen LogP) is 2.36. The first-order valence-electron chi connectivity index (χ1n) is 6.39. The van der Waals surface area contributed by atoms with Crippen LogP contribution < -0.4 is 14.8 Å². The van der Waals surface area contributed by atoms with E-state index >= 15 is 0 Å². The molecule has 0 radical (unpaired) electrons. The SMILES string of the molecule is COc1ccc(C(=O)Nc2nc(C)cc(C)n2)cc1OC. The van der Waals surface area contributed by atoms with Crippen LogP contribution in [0.25, 0.3) is 0 Å². The van der Waals surface area contributed by atoms with Gasteiger partial charge in [0.2, 0.25) is 5.95 Å². The Morgan fingerprint density at radius 2 is 1.62 bits per heavy atom. The predicted molar refractivity (Wildman–Crippen MR) is 79.0 cm³/mol. The summed E-state index contributed by atoms with van der Waals surface area (Å²) in [5.74, 6) is 1.04. The summed E-state index contributed by atoms with van der Waals surface area (Å²) in [5.41, 5.74) is 2.03. The number of amides is 1. The summed E-state index contributed by atoms with van der Waals surface area (Å²) in [4.78, 5) is 20.6. The molecule has 2 aromatic rings. The Balaban J connectivity index is 2.24. The maximum absolute atomic E-state index is 12.2. The zero-order chi connectivity index (χ0) is 15.4. The molecule has 1 aromatic heterocycles. The Kier molecular flexibility index (Phi) is 4.37. The van der Waals surface area contributed by atoms with E-state index in [4.69, 9.17) is 9.47 Å². The first-order valence-corrected chi connectivity index (χ1v) is 6.39. The van der Waals surface area contributed by atoms with Gasteiger partial charge in [0.1, 0.15) is 0 Å². The molecule has 110 valence electrons. The average Bonchev–Trinajstić information content (AvgIpc) is 2.45. The minimum absolute atomic E-state index is 0.285. The van der Waals surface area contributed by atoms with Crippen molar-refractivity contribution in [3.8, 4) is 11.5 Å². The van der Waals surface area contributed by atoms with Crippen molar-refractivity contribution in [3.63, 3.8) is 0 Å². The Morgan fingerprint density at radius 1 is 1.00 bits per heavy atom. The topological polar surface area (TPSA) is 73.3 Å². The largest absolute Gasteiger partial charge is 0.493 e. The van der Waals surface area contributed by atoms with Crippen molar-refractivity contribution in [1.29, 1.82) is 0 Å². The Bertz CT molecular complexity index is 651. The third kappa shape index (κ3) is 3.47. The number of aromatic nitrogens is 2. The molecular formula is C15H17N3O3. The van der Waals surface area contributed by atoms with Gasteiger partial charge in [0.05, 0.1) is 14.2 Å². The van der Waals surface area contributed by atoms with E-state index in [9.17, 15) is 4.79 Å². The van der Waals surface area contributed by atoms with Crippen molar-refractivity contribution in [2.24, 2.45) is 0 Å². The summed E-state index contributed by atoms with van der Waals surface area (Å²) < 4.78 is 10.3. The molecule has 0 aliphatic rings. The number of hydrogen-bond donors (Lipinski definition) is 1. The maximum Gasteiger partial charge on any atom is 0.258 e. The van der Waals surface area contributed by atoms with E-state index in [1.807, 2.05) is 19.9 Å². The number of methoxy groups -OCH3 is 2. The number of ether oxygens (including phenoxy) is 2. The van der Waals surface area contributed by atoms with E-state index in [0.29, 0.717) is 17.1 Å². The summed E-state index contributed by atoms with van der Waals surface area (Å²) in [6.07, 6.45) is 0. The highest BCUT2D eigenvalue weighted by Gasteiger charge is 2.12. The molecule has 1 aromatic carbocycles. The molecule has 6 nitrogen and oxygen atoms in total. The molecule has 1 heterocycles. The van der Waals surface area contributed by atoms with Crippen LogP contribution in [-0.4, -0.2) is 30.1 Å². The summed E-state index contributed by atoms with van der Waals surface area (Å²) in [6, 6.07) is 6.78. The van der Waals surface area contributed by atoms with Crippen LogP contribution in [0, 0.1) is 13.8 Å². The number of anilines is 1. The van der Waals surface area contributed by atoms with Crippen molar-refractivity contribution in [2.75, 3.05) is 19.5 Å². The van der Waals surface area contributed by atoms with Gasteiger partial charge in [-0.25, -0.2) is 9.97 Å². The lowest BCUT2D eigenvalue weighted by molar-refractivity contribution is 0.102. The normalized spacial score (nSPS) is 10.1. The molecular weight excluding hydrogens is 270 g/mol. The van der Waals surface area contributed by atoms with Gasteiger partial charge in [0.25, 0.3) is 5.91 Å². The average molecular weight is 287 g/mol. The third-order valence-electron chi connectivity index (χ3n) is 2.85. The zero-order valence-electron chi connectivity index (χ0n) is 12.4. The van der Waals surface area contributed by atoms with Crippen LogP contribution in [-0.2, 0) is 0 Å². The number of aryl methyl sites for hydroxylation is 2. The van der Waals surface area contributed by atoms with E-state index in [-0.39, 0.29) is 11.9 Å². The highest BCUT2D eigenvalue weighted by Crippen LogP contribution is 2.27. The minimum Gasteiger partial charge on any atom is -0.493 e. The van der Waals surface area contributed by atoms with Crippen LogP contribution in [0.4, 0.5) is 5.95 Å². The number of rotatable bonds is 4. The van der Waals surface area contributed by atoms with E-state index in [1.54, 1.807) is 25.3 Å². The zero-order valence-corrected chi connectivity index (χ0v) is 12.4. The Hall–Kier alpha value is -2.63. The molecule has 0 unspecified atom stereocenters. The summed E-state index contributed by atoms with van der Waals surface area (Å²) in [5, 5.41) is 2.67. The molecule has 1 N–H and O–H groups in total. The molecule has 0 saturated carbocycles.